The van der Waals surface area contributed by atoms with E-state index in [1.165, 1.54) is 47.2 Å². The molecular weight excluding hydrogens is 1200 g/mol. The van der Waals surface area contributed by atoms with Gasteiger partial charge in [-0.25, -0.2) is 0 Å². The number of rotatable bonds is 17. The monoisotopic (exact) mass is 1290 g/mol. The van der Waals surface area contributed by atoms with Crippen LogP contribution in [-0.2, 0) is 23.7 Å². The predicted octanol–water partition coefficient (Wildman–Crippen LogP) is 23.6. The van der Waals surface area contributed by atoms with Gasteiger partial charge in [0.05, 0.1) is 22.7 Å². The molecule has 0 radical (unpaired) electrons. The summed E-state index contributed by atoms with van der Waals surface area (Å²) >= 11 is 1.67. The predicted molar refractivity (Wildman–Crippen MR) is 409 cm³/mol. The van der Waals surface area contributed by atoms with E-state index in [2.05, 4.69) is 187 Å². The number of thioether (sulfide) groups is 1. The zero-order chi connectivity index (χ0) is 68.6. The van der Waals surface area contributed by atoms with Crippen molar-refractivity contribution in [1.29, 1.82) is 0 Å². The zero-order valence-electron chi connectivity index (χ0n) is 58.2. The van der Waals surface area contributed by atoms with Crippen molar-refractivity contribution >= 4 is 52.6 Å². The number of phenols is 2. The Labute approximate surface area is 577 Å². The number of hydrogen-bond donors (Lipinski definition) is 3. The minimum Gasteiger partial charge on any atom is -0.508 e. The van der Waals surface area contributed by atoms with E-state index in [1.54, 1.807) is 24.0 Å². The van der Waals surface area contributed by atoms with Gasteiger partial charge in [-0.05, 0) is 192 Å². The molecule has 1 heterocycles. The van der Waals surface area contributed by atoms with E-state index < -0.39 is 0 Å². The second kappa shape index (κ2) is 35.1. The average molecular weight is 1290 g/mol. The van der Waals surface area contributed by atoms with Crippen molar-refractivity contribution in [2.24, 2.45) is 9.98 Å². The molecule has 0 bridgehead atoms. The van der Waals surface area contributed by atoms with E-state index >= 15 is 0 Å². The summed E-state index contributed by atoms with van der Waals surface area (Å²) in [6, 6.07) is 76.7. The van der Waals surface area contributed by atoms with Crippen LogP contribution in [0.2, 0.25) is 0 Å². The first-order valence-electron chi connectivity index (χ1n) is 33.5. The summed E-state index contributed by atoms with van der Waals surface area (Å²) in [5.41, 5.74) is 15.8. The smallest absolute Gasteiger partial charge is 0.150 e. The van der Waals surface area contributed by atoms with Crippen LogP contribution >= 0.6 is 11.8 Å². The molecule has 494 valence electrons. The lowest BCUT2D eigenvalue weighted by Crippen LogP contribution is -2.29. The number of benzene rings is 10. The number of hydrogen-bond acceptors (Lipinski definition) is 9. The molecule has 10 aromatic carbocycles. The number of aliphatic imine (C=N–C) groups is 2. The van der Waals surface area contributed by atoms with Crippen molar-refractivity contribution < 1.29 is 19.7 Å². The normalized spacial score (nSPS) is 12.2. The van der Waals surface area contributed by atoms with Gasteiger partial charge in [0.15, 0.2) is 5.75 Å². The van der Waals surface area contributed by atoms with Gasteiger partial charge in [-0.2, -0.15) is 0 Å². The highest BCUT2D eigenvalue weighted by molar-refractivity contribution is 7.98. The van der Waals surface area contributed by atoms with E-state index in [4.69, 9.17) is 15.9 Å². The van der Waals surface area contributed by atoms with Crippen molar-refractivity contribution in [3.05, 3.63) is 286 Å². The van der Waals surface area contributed by atoms with E-state index in [1.807, 2.05) is 152 Å². The van der Waals surface area contributed by atoms with Crippen LogP contribution in [-0.4, -0.2) is 42.0 Å². The number of phenolic OH excluding ortho intramolecular Hbond substituents is 2. The minimum atomic E-state index is -0.134. The Balaban J connectivity index is 0.000000164. The molecule has 0 amide bonds. The summed E-state index contributed by atoms with van der Waals surface area (Å²) in [5, 5.41) is 24.2. The maximum atomic E-state index is 10.8. The third kappa shape index (κ3) is 20.9. The second-order valence-corrected chi connectivity index (χ2v) is 27.6. The van der Waals surface area contributed by atoms with Crippen LogP contribution in [0.1, 0.15) is 156 Å². The number of aromatic hydroxyl groups is 2. The first-order valence-corrected chi connectivity index (χ1v) is 34.7. The fourth-order valence-electron chi connectivity index (χ4n) is 11.1. The fraction of sp³-hybridized carbons (Fsp3) is 0.264. The maximum Gasteiger partial charge on any atom is 0.150 e. The van der Waals surface area contributed by atoms with Gasteiger partial charge in [-0.1, -0.05) is 221 Å². The molecule has 1 aliphatic rings. The molecule has 9 heteroatoms. The fourth-order valence-corrected chi connectivity index (χ4v) is 11.6. The Kier molecular flexibility index (Phi) is 26.4. The van der Waals surface area contributed by atoms with Crippen LogP contribution in [0.3, 0.4) is 0 Å². The van der Waals surface area contributed by atoms with Gasteiger partial charge in [0, 0.05) is 52.8 Å². The standard InChI is InChI=1S/C25H29NO.C22H29NOS.C20H20N2.C20H18O2/c1-17(2)20-12-10-13-21(18(3)4)25(20)27-24-16-9-8-15-23(24)26-22-14-7-6-11-19(22)5;1-21(2,3)16-12-15(20(24)17(13-16)22(4,5)6)14-23-18-10-8-9-11-19(18)25-7;1-2-17-10-12-18(13-11-17)16-21-19-8-4-5-9-20(19)22-14-6-3-7-15-22;21-19-12-6-4-8-16(19)14-15-17-9-5-7-13-20(17)22-18-10-2-1-3-11-18/h6-18,26H,1-5H3;8-14,24H,1-7H3;1,4-5,8-13,16H,3,6-7,14-15H2;1-13,21H,14-15H2. The summed E-state index contributed by atoms with van der Waals surface area (Å²) in [6.45, 7) is 26.2. The van der Waals surface area contributed by atoms with Gasteiger partial charge in [0.2, 0.25) is 0 Å². The summed E-state index contributed by atoms with van der Waals surface area (Å²) in [4.78, 5) is 12.9. The Hall–Kier alpha value is -9.75. The third-order valence-electron chi connectivity index (χ3n) is 16.7. The van der Waals surface area contributed by atoms with Crippen molar-refractivity contribution in [3.63, 3.8) is 0 Å². The van der Waals surface area contributed by atoms with Crippen LogP contribution in [0.25, 0.3) is 0 Å². The molecular formula is C87H96N4O4S. The van der Waals surface area contributed by atoms with Crippen LogP contribution in [0.5, 0.6) is 34.5 Å². The van der Waals surface area contributed by atoms with Crippen molar-refractivity contribution in [2.45, 2.75) is 136 Å². The van der Waals surface area contributed by atoms with Crippen LogP contribution in [0.15, 0.2) is 245 Å². The number of anilines is 3. The Morgan fingerprint density at radius 1 is 0.562 bits per heavy atom. The molecule has 0 saturated carbocycles. The van der Waals surface area contributed by atoms with E-state index in [0.717, 1.165) is 110 Å². The number of terminal acetylenes is 1. The molecule has 0 spiro atoms. The number of ether oxygens (including phenoxy) is 2. The summed E-state index contributed by atoms with van der Waals surface area (Å²) in [7, 11) is 0. The molecule has 0 atom stereocenters. The first kappa shape index (κ1) is 72.1. The highest BCUT2D eigenvalue weighted by atomic mass is 32.2. The summed E-state index contributed by atoms with van der Waals surface area (Å²) in [6.07, 6.45) is 16.6. The van der Waals surface area contributed by atoms with Gasteiger partial charge in [-0.15, -0.1) is 18.2 Å². The van der Waals surface area contributed by atoms with Crippen molar-refractivity contribution in [2.75, 3.05) is 29.6 Å². The molecule has 96 heavy (non-hydrogen) atoms. The molecule has 0 aromatic heterocycles. The van der Waals surface area contributed by atoms with Gasteiger partial charge in [0.1, 0.15) is 28.7 Å². The Morgan fingerprint density at radius 3 is 1.76 bits per heavy atom. The number of nitrogens with one attached hydrogen (secondary N) is 1. The average Bonchev–Trinajstić information content (AvgIpc) is 0.801. The lowest BCUT2D eigenvalue weighted by atomic mass is 9.79. The lowest BCUT2D eigenvalue weighted by Gasteiger charge is -2.29. The van der Waals surface area contributed by atoms with Gasteiger partial charge >= 0.3 is 0 Å². The van der Waals surface area contributed by atoms with Crippen LogP contribution in [0.4, 0.5) is 28.4 Å². The largest absolute Gasteiger partial charge is 0.508 e. The topological polar surface area (TPSA) is 98.9 Å². The first-order chi connectivity index (χ1) is 46.2. The number of para-hydroxylation sites is 10. The maximum absolute atomic E-state index is 10.8. The molecule has 10 aromatic rings. The third-order valence-corrected chi connectivity index (χ3v) is 17.5. The summed E-state index contributed by atoms with van der Waals surface area (Å²) < 4.78 is 12.5. The van der Waals surface area contributed by atoms with E-state index in [9.17, 15) is 10.2 Å². The molecule has 0 aliphatic carbocycles. The highest BCUT2D eigenvalue weighted by Crippen LogP contribution is 2.42. The molecule has 1 fully saturated rings. The molecule has 1 aliphatic heterocycles. The molecule has 3 N–H and O–H groups in total. The summed E-state index contributed by atoms with van der Waals surface area (Å²) in [5.74, 6) is 7.63. The van der Waals surface area contributed by atoms with Gasteiger partial charge in [0.25, 0.3) is 0 Å². The molecule has 1 saturated heterocycles. The second-order valence-electron chi connectivity index (χ2n) is 26.7. The highest BCUT2D eigenvalue weighted by Gasteiger charge is 2.25. The van der Waals surface area contributed by atoms with E-state index in [0.29, 0.717) is 23.3 Å². The molecule has 0 unspecified atom stereocenters. The quantitative estimate of drug-likeness (QED) is 0.0474. The number of aryl methyl sites for hydroxylation is 3. The van der Waals surface area contributed by atoms with Crippen molar-refractivity contribution in [1.82, 2.24) is 0 Å². The lowest BCUT2D eigenvalue weighted by molar-refractivity contribution is 0.444. The minimum absolute atomic E-state index is 0.00741. The Morgan fingerprint density at radius 2 is 1.12 bits per heavy atom. The van der Waals surface area contributed by atoms with Gasteiger partial charge in [-0.3, -0.25) is 9.98 Å². The van der Waals surface area contributed by atoms with Crippen LogP contribution in [0, 0.1) is 19.3 Å². The number of piperidine rings is 1. The SMILES string of the molecule is C#Cc1ccc(C=Nc2ccccc2N2CCCCC2)cc1.CSc1ccccc1N=Cc1cc(C(C)(C)C)cc(C(C)(C)C)c1O.Cc1ccccc1Nc1ccccc1Oc1c(C(C)C)cccc1C(C)C.Oc1ccccc1CCc1ccccc1Oc1ccccc1. The van der Waals surface area contributed by atoms with Crippen molar-refractivity contribution in [3.8, 4) is 46.8 Å². The van der Waals surface area contributed by atoms with Gasteiger partial charge < -0.3 is 29.9 Å². The zero-order valence-corrected chi connectivity index (χ0v) is 59.1. The molecule has 8 nitrogen and oxygen atoms in total. The molecule has 11 rings (SSSR count). The Bertz CT molecular complexity index is 4180. The van der Waals surface area contributed by atoms with E-state index in [-0.39, 0.29) is 10.8 Å². The number of nitrogens with zero attached hydrogens (tertiary/aromatic N) is 3. The van der Waals surface area contributed by atoms with Crippen LogP contribution < -0.4 is 19.7 Å².